The van der Waals surface area contributed by atoms with Crippen molar-refractivity contribution >= 4 is 57.7 Å². The molecular weight excluding hydrogens is 630 g/mol. The summed E-state index contributed by atoms with van der Waals surface area (Å²) in [6.45, 7) is 2.95. The molecule has 18 heteroatoms. The van der Waals surface area contributed by atoms with Gasteiger partial charge in [0, 0.05) is 41.7 Å². The Morgan fingerprint density at radius 1 is 1.18 bits per heavy atom. The van der Waals surface area contributed by atoms with E-state index < -0.39 is 58.8 Å². The van der Waals surface area contributed by atoms with Crippen molar-refractivity contribution in [3.8, 4) is 11.5 Å². The number of thioether (sulfide) groups is 1. The molecule has 0 unspecified atom stereocenters. The summed E-state index contributed by atoms with van der Waals surface area (Å²) in [4.78, 5) is 61.3. The Kier molecular flexibility index (Phi) is 9.19. The summed E-state index contributed by atoms with van der Waals surface area (Å²) in [5, 5.41) is 46.5. The van der Waals surface area contributed by atoms with Crippen molar-refractivity contribution in [1.29, 1.82) is 0 Å². The lowest BCUT2D eigenvalue weighted by Gasteiger charge is -2.50. The van der Waals surface area contributed by atoms with Gasteiger partial charge in [0.2, 0.25) is 0 Å². The van der Waals surface area contributed by atoms with E-state index in [0.717, 1.165) is 43.3 Å². The van der Waals surface area contributed by atoms with Gasteiger partial charge in [-0.05, 0) is 6.07 Å². The lowest BCUT2D eigenvalue weighted by Crippen LogP contribution is -2.71. The number of aromatic nitrogens is 1. The third kappa shape index (κ3) is 6.26. The van der Waals surface area contributed by atoms with Crippen molar-refractivity contribution in [1.82, 2.24) is 15.2 Å². The number of phenols is 2. The molecule has 0 spiro atoms. The number of nitrogen functional groups attached to an aromatic ring is 1. The molecule has 16 nitrogen and oxygen atoms in total. The molecule has 0 aliphatic carbocycles. The number of hydrogen-bond acceptors (Lipinski definition) is 13. The van der Waals surface area contributed by atoms with Gasteiger partial charge in [-0.1, -0.05) is 11.2 Å². The Morgan fingerprint density at radius 3 is 2.53 bits per heavy atom. The van der Waals surface area contributed by atoms with Crippen LogP contribution in [0.25, 0.3) is 0 Å². The van der Waals surface area contributed by atoms with Gasteiger partial charge < -0.3 is 46.5 Å². The minimum atomic E-state index is -1.52. The summed E-state index contributed by atoms with van der Waals surface area (Å²) in [6.07, 6.45) is 2.05. The number of anilines is 1. The Balaban J connectivity index is 1.34. The Morgan fingerprint density at radius 2 is 1.91 bits per heavy atom. The van der Waals surface area contributed by atoms with Crippen molar-refractivity contribution in [3.05, 3.63) is 45.6 Å². The molecule has 2 amide bonds. The maximum absolute atomic E-state index is 13.4. The molecular formula is C27H32N7O9S2+. The Hall–Kier alpha value is -4.39. The third-order valence-corrected chi connectivity index (χ3v) is 10.0. The van der Waals surface area contributed by atoms with E-state index in [4.69, 9.17) is 16.3 Å². The van der Waals surface area contributed by atoms with Gasteiger partial charge in [0.15, 0.2) is 22.3 Å². The third-order valence-electron chi connectivity index (χ3n) is 7.99. The maximum atomic E-state index is 13.4. The number of carbonyl (C=O) groups is 4. The smallest absolute Gasteiger partial charge is 0.352 e. The van der Waals surface area contributed by atoms with Gasteiger partial charge in [0.25, 0.3) is 11.8 Å². The number of carboxylic acids is 2. The highest BCUT2D eigenvalue weighted by Crippen LogP contribution is 2.41. The highest BCUT2D eigenvalue weighted by Gasteiger charge is 2.55. The molecule has 45 heavy (non-hydrogen) atoms. The molecule has 5 rings (SSSR count). The van der Waals surface area contributed by atoms with Crippen molar-refractivity contribution in [3.63, 3.8) is 0 Å². The van der Waals surface area contributed by atoms with Crippen LogP contribution in [0.2, 0.25) is 0 Å². The zero-order chi connectivity index (χ0) is 32.5. The van der Waals surface area contributed by atoms with Crippen LogP contribution in [0.5, 0.6) is 11.5 Å². The zero-order valence-corrected chi connectivity index (χ0v) is 25.5. The molecule has 1 aromatic heterocycles. The fourth-order valence-electron chi connectivity index (χ4n) is 5.91. The lowest BCUT2D eigenvalue weighted by molar-refractivity contribution is -0.910. The van der Waals surface area contributed by atoms with Gasteiger partial charge >= 0.3 is 11.9 Å². The molecule has 0 saturated carbocycles. The number of amides is 2. The number of aromatic hydroxyl groups is 2. The number of thiazole rings is 1. The summed E-state index contributed by atoms with van der Waals surface area (Å²) < 4.78 is 0.685. The summed E-state index contributed by atoms with van der Waals surface area (Å²) in [5.74, 6) is -5.32. The van der Waals surface area contributed by atoms with Crippen LogP contribution in [0.15, 0.2) is 33.9 Å². The normalized spacial score (nSPS) is 20.9. The van der Waals surface area contributed by atoms with Gasteiger partial charge in [-0.15, -0.1) is 23.1 Å². The number of carboxylic acid groups (broad SMARTS) is 2. The Labute approximate surface area is 264 Å². The van der Waals surface area contributed by atoms with Crippen LogP contribution < -0.4 is 16.8 Å². The molecule has 2 aromatic rings. The number of likely N-dealkylation sites (tertiary alicyclic amines) is 1. The van der Waals surface area contributed by atoms with E-state index in [1.807, 2.05) is 0 Å². The number of phenolic OH excluding ortho intramolecular Hbond substituents is 1. The minimum absolute atomic E-state index is 0.0230. The molecule has 0 bridgehead atoms. The number of benzene rings is 1. The summed E-state index contributed by atoms with van der Waals surface area (Å²) in [5.41, 5.74) is 11.2. The van der Waals surface area contributed by atoms with Gasteiger partial charge in [0.1, 0.15) is 41.5 Å². The summed E-state index contributed by atoms with van der Waals surface area (Å²) in [7, 11) is 0. The predicted octanol–water partition coefficient (Wildman–Crippen LogP) is 0.0635. The molecule has 9 N–H and O–H groups in total. The number of β-lactam (4-membered cyclic amide) rings is 1. The highest BCUT2D eigenvalue weighted by atomic mass is 32.2. The average molecular weight is 663 g/mol. The largest absolute Gasteiger partial charge is 0.504 e. The molecule has 3 aliphatic heterocycles. The van der Waals surface area contributed by atoms with Crippen LogP contribution in [-0.2, 0) is 25.8 Å². The van der Waals surface area contributed by atoms with Crippen molar-refractivity contribution in [2.24, 2.45) is 10.9 Å². The minimum Gasteiger partial charge on any atom is -0.504 e. The number of aliphatic carboxylic acids is 1. The summed E-state index contributed by atoms with van der Waals surface area (Å²) >= 11 is 2.37. The van der Waals surface area contributed by atoms with Crippen LogP contribution in [-0.4, -0.2) is 114 Å². The quantitative estimate of drug-likeness (QED) is 0.0523. The van der Waals surface area contributed by atoms with Gasteiger partial charge in [0.05, 0.1) is 19.6 Å². The number of quaternary nitrogens is 1. The van der Waals surface area contributed by atoms with Crippen molar-refractivity contribution in [2.45, 2.75) is 30.9 Å². The molecule has 2 saturated heterocycles. The van der Waals surface area contributed by atoms with E-state index >= 15 is 0 Å². The number of rotatable bonds is 12. The second-order valence-corrected chi connectivity index (χ2v) is 12.8. The van der Waals surface area contributed by atoms with Crippen LogP contribution in [0.4, 0.5) is 5.13 Å². The highest BCUT2D eigenvalue weighted by molar-refractivity contribution is 8.00. The van der Waals surface area contributed by atoms with Crippen LogP contribution >= 0.6 is 23.1 Å². The van der Waals surface area contributed by atoms with Crippen molar-refractivity contribution in [2.75, 3.05) is 44.2 Å². The molecule has 2 atom stereocenters. The molecule has 1 aromatic carbocycles. The SMILES string of the molecule is NCC[N+]1(CC2=C(C(=O)O)N3C(=O)[C@@H](NC(=O)/C(=N\OCc4ccc(O)c(O)c4C(=O)O)c4csc(N)n4)[C@H]3SC2)CCCC1. The molecule has 3 aliphatic rings. The first-order valence-electron chi connectivity index (χ1n) is 13.9. The van der Waals surface area contributed by atoms with E-state index in [2.05, 4.69) is 15.5 Å². The molecule has 4 heterocycles. The number of aromatic carboxylic acids is 1. The summed E-state index contributed by atoms with van der Waals surface area (Å²) in [6, 6.07) is 1.22. The van der Waals surface area contributed by atoms with E-state index in [-0.39, 0.29) is 27.8 Å². The predicted molar refractivity (Wildman–Crippen MR) is 162 cm³/mol. The van der Waals surface area contributed by atoms with E-state index in [1.54, 1.807) is 0 Å². The van der Waals surface area contributed by atoms with Crippen molar-refractivity contribution < 1.29 is 48.9 Å². The van der Waals surface area contributed by atoms with E-state index in [9.17, 15) is 39.6 Å². The van der Waals surface area contributed by atoms with Crippen LogP contribution in [0.3, 0.4) is 0 Å². The number of oxime groups is 1. The van der Waals surface area contributed by atoms with Gasteiger partial charge in [-0.3, -0.25) is 14.5 Å². The molecule has 240 valence electrons. The molecule has 2 fully saturated rings. The maximum Gasteiger partial charge on any atom is 0.352 e. The number of nitrogens with zero attached hydrogens (tertiary/aromatic N) is 4. The monoisotopic (exact) mass is 662 g/mol. The van der Waals surface area contributed by atoms with Crippen LogP contribution in [0.1, 0.15) is 34.5 Å². The number of hydrogen-bond donors (Lipinski definition) is 7. The Bertz CT molecular complexity index is 1600. The van der Waals surface area contributed by atoms with Gasteiger partial charge in [-0.25, -0.2) is 14.6 Å². The first kappa shape index (κ1) is 32.0. The number of nitrogens with two attached hydrogens (primary N) is 2. The zero-order valence-electron chi connectivity index (χ0n) is 23.8. The van der Waals surface area contributed by atoms with Crippen LogP contribution in [0, 0.1) is 0 Å². The van der Waals surface area contributed by atoms with E-state index in [1.165, 1.54) is 28.1 Å². The number of carbonyl (C=O) groups excluding carboxylic acids is 2. The lowest BCUT2D eigenvalue weighted by atomic mass is 10.0. The fourth-order valence-corrected chi connectivity index (χ4v) is 7.79. The number of fused-ring (bicyclic) bond motifs is 1. The van der Waals surface area contributed by atoms with Gasteiger partial charge in [-0.2, -0.15) is 0 Å². The standard InChI is InChI=1S/C27H31N7O9S2/c28-5-8-34(6-1-2-7-34)9-14-11-44-24-19(23(38)33(24)20(14)26(41)42)31-22(37)18(15-12-45-27(29)30-15)32-43-10-13-3-4-16(35)21(36)17(13)25(39)40/h3-4,12,19,24H,1-2,5-11,28H2,(H6-,29,30,31,32,35,36,37,39,40,41,42)/p+1/t19-,24-/m1/s1. The van der Waals surface area contributed by atoms with E-state index in [0.29, 0.717) is 35.4 Å². The second kappa shape index (κ2) is 12.9. The second-order valence-electron chi connectivity index (χ2n) is 10.8. The number of nitrogens with one attached hydrogen (secondary N) is 1. The average Bonchev–Trinajstić information content (AvgIpc) is 3.64. The first-order chi connectivity index (χ1) is 21.5. The molecule has 0 radical (unpaired) electrons. The first-order valence-corrected chi connectivity index (χ1v) is 15.8. The fraction of sp³-hybridized carbons (Fsp3) is 0.407. The topological polar surface area (TPSA) is 251 Å².